The number of fused-ring (bicyclic) bond motifs is 1. The Balaban J connectivity index is 2.93. The summed E-state index contributed by atoms with van der Waals surface area (Å²) < 4.78 is 14.6. The van der Waals surface area contributed by atoms with Gasteiger partial charge in [-0.2, -0.15) is 0 Å². The molecule has 11 heavy (non-hydrogen) atoms. The predicted octanol–water partition coefficient (Wildman–Crippen LogP) is 2.13. The molecule has 0 unspecified atom stereocenters. The minimum absolute atomic E-state index is 0.101. The summed E-state index contributed by atoms with van der Waals surface area (Å²) in [6.07, 6.45) is 4.84. The summed E-state index contributed by atoms with van der Waals surface area (Å²) >= 11 is 5.52. The van der Waals surface area contributed by atoms with E-state index in [-0.39, 0.29) is 10.7 Å². The van der Waals surface area contributed by atoms with Crippen LogP contribution in [0.15, 0.2) is 24.7 Å². The number of hydrogen-bond acceptors (Lipinski definition) is 1. The number of rotatable bonds is 0. The minimum atomic E-state index is -0.473. The van der Waals surface area contributed by atoms with E-state index >= 15 is 0 Å². The van der Waals surface area contributed by atoms with Crippen LogP contribution in [0.2, 0.25) is 5.02 Å². The Hall–Kier alpha value is -1.09. The van der Waals surface area contributed by atoms with Gasteiger partial charge in [-0.15, -0.1) is 0 Å². The van der Waals surface area contributed by atoms with E-state index in [9.17, 15) is 4.39 Å². The van der Waals surface area contributed by atoms with Gasteiger partial charge in [-0.25, -0.2) is 9.37 Å². The fraction of sp³-hybridized carbons (Fsp3) is 0. The molecule has 2 aromatic heterocycles. The molecule has 2 nitrogen and oxygen atoms in total. The van der Waals surface area contributed by atoms with Gasteiger partial charge >= 0.3 is 0 Å². The lowest BCUT2D eigenvalue weighted by atomic mass is 10.4. The van der Waals surface area contributed by atoms with E-state index in [0.717, 1.165) is 0 Å². The lowest BCUT2D eigenvalue weighted by molar-refractivity contribution is 0.630. The summed E-state index contributed by atoms with van der Waals surface area (Å²) in [4.78, 5) is 3.78. The van der Waals surface area contributed by atoms with Crippen LogP contribution in [0.1, 0.15) is 0 Å². The van der Waals surface area contributed by atoms with Crippen molar-refractivity contribution in [2.24, 2.45) is 0 Å². The molecule has 0 atom stereocenters. The third kappa shape index (κ3) is 0.886. The van der Waals surface area contributed by atoms with Crippen LogP contribution in [0.25, 0.3) is 5.65 Å². The first-order valence-corrected chi connectivity index (χ1v) is 3.43. The average molecular weight is 171 g/mol. The van der Waals surface area contributed by atoms with Gasteiger partial charge in [0.1, 0.15) is 0 Å². The van der Waals surface area contributed by atoms with Crippen molar-refractivity contribution < 1.29 is 4.39 Å². The van der Waals surface area contributed by atoms with Crippen LogP contribution in [0.5, 0.6) is 0 Å². The lowest BCUT2D eigenvalue weighted by Gasteiger charge is -1.95. The molecule has 0 radical (unpaired) electrons. The number of aromatic nitrogens is 2. The van der Waals surface area contributed by atoms with Crippen molar-refractivity contribution in [2.45, 2.75) is 0 Å². The van der Waals surface area contributed by atoms with Crippen LogP contribution in [0.3, 0.4) is 0 Å². The number of halogens is 2. The van der Waals surface area contributed by atoms with E-state index in [1.807, 2.05) is 0 Å². The molecule has 0 aromatic carbocycles. The van der Waals surface area contributed by atoms with Crippen molar-refractivity contribution in [3.05, 3.63) is 35.5 Å². The molecule has 2 heterocycles. The number of pyridine rings is 1. The Kier molecular flexibility index (Phi) is 1.32. The third-order valence-electron chi connectivity index (χ3n) is 1.46. The van der Waals surface area contributed by atoms with Gasteiger partial charge in [-0.05, 0) is 6.07 Å². The van der Waals surface area contributed by atoms with Crippen LogP contribution in [-0.2, 0) is 0 Å². The predicted molar refractivity (Wildman–Crippen MR) is 40.2 cm³/mol. The van der Waals surface area contributed by atoms with Crippen LogP contribution in [0, 0.1) is 5.82 Å². The minimum Gasteiger partial charge on any atom is -0.305 e. The summed E-state index contributed by atoms with van der Waals surface area (Å²) in [6, 6.07) is 1.49. The van der Waals surface area contributed by atoms with E-state index < -0.39 is 5.82 Å². The molecule has 2 aromatic rings. The van der Waals surface area contributed by atoms with E-state index in [0.29, 0.717) is 0 Å². The van der Waals surface area contributed by atoms with Crippen molar-refractivity contribution in [3.63, 3.8) is 0 Å². The van der Waals surface area contributed by atoms with Gasteiger partial charge in [0.05, 0.1) is 5.02 Å². The van der Waals surface area contributed by atoms with Gasteiger partial charge in [0.25, 0.3) is 0 Å². The number of imidazole rings is 1. The Morgan fingerprint density at radius 1 is 1.45 bits per heavy atom. The molecule has 0 saturated carbocycles. The first-order valence-electron chi connectivity index (χ1n) is 3.06. The molecular weight excluding hydrogens is 167 g/mol. The molecule has 0 aliphatic carbocycles. The molecule has 4 heteroatoms. The smallest absolute Gasteiger partial charge is 0.184 e. The first-order chi connectivity index (χ1) is 5.29. The van der Waals surface area contributed by atoms with Crippen LogP contribution < -0.4 is 0 Å². The summed E-state index contributed by atoms with van der Waals surface area (Å²) in [6.45, 7) is 0. The molecule has 2 rings (SSSR count). The maximum Gasteiger partial charge on any atom is 0.184 e. The zero-order valence-electron chi connectivity index (χ0n) is 5.46. The maximum absolute atomic E-state index is 13.0. The molecule has 0 aliphatic rings. The molecule has 56 valence electrons. The largest absolute Gasteiger partial charge is 0.305 e. The second-order valence-electron chi connectivity index (χ2n) is 2.14. The zero-order chi connectivity index (χ0) is 7.84. The molecule has 0 aliphatic heterocycles. The van der Waals surface area contributed by atoms with Gasteiger partial charge < -0.3 is 4.40 Å². The highest BCUT2D eigenvalue weighted by molar-refractivity contribution is 6.31. The second kappa shape index (κ2) is 2.20. The fourth-order valence-corrected chi connectivity index (χ4v) is 1.07. The maximum atomic E-state index is 13.0. The fourth-order valence-electron chi connectivity index (χ4n) is 0.929. The Labute approximate surface area is 67.2 Å². The van der Waals surface area contributed by atoms with E-state index in [1.54, 1.807) is 16.8 Å². The molecule has 0 saturated heterocycles. The van der Waals surface area contributed by atoms with Gasteiger partial charge in [-0.1, -0.05) is 11.6 Å². The SMILES string of the molecule is Fc1c(Cl)ccn2ccnc12. The average Bonchev–Trinajstić information content (AvgIpc) is 2.45. The van der Waals surface area contributed by atoms with Gasteiger partial charge in [-0.3, -0.25) is 0 Å². The Bertz CT molecular complexity index is 396. The lowest BCUT2D eigenvalue weighted by Crippen LogP contribution is -1.87. The summed E-state index contributed by atoms with van der Waals surface area (Å²) in [5.74, 6) is -0.473. The monoisotopic (exact) mass is 170 g/mol. The third-order valence-corrected chi connectivity index (χ3v) is 1.75. The normalized spacial score (nSPS) is 10.7. The molecule has 0 fully saturated rings. The summed E-state index contributed by atoms with van der Waals surface area (Å²) in [7, 11) is 0. The van der Waals surface area contributed by atoms with Crippen molar-refractivity contribution in [1.29, 1.82) is 0 Å². The molecular formula is C7H4ClFN2. The first kappa shape index (κ1) is 6.61. The second-order valence-corrected chi connectivity index (χ2v) is 2.54. The molecule has 0 N–H and O–H groups in total. The van der Waals surface area contributed by atoms with E-state index in [1.165, 1.54) is 12.3 Å². The van der Waals surface area contributed by atoms with Crippen molar-refractivity contribution in [2.75, 3.05) is 0 Å². The Morgan fingerprint density at radius 2 is 2.27 bits per heavy atom. The van der Waals surface area contributed by atoms with Gasteiger partial charge in [0, 0.05) is 18.6 Å². The van der Waals surface area contributed by atoms with Crippen molar-refractivity contribution in [3.8, 4) is 0 Å². The highest BCUT2D eigenvalue weighted by Gasteiger charge is 2.04. The van der Waals surface area contributed by atoms with E-state index in [2.05, 4.69) is 4.98 Å². The number of hydrogen-bond donors (Lipinski definition) is 0. The van der Waals surface area contributed by atoms with Crippen molar-refractivity contribution in [1.82, 2.24) is 9.38 Å². The standard InChI is InChI=1S/C7H4ClFN2/c8-5-1-3-11-4-2-10-7(11)6(5)9/h1-4H. The van der Waals surface area contributed by atoms with Crippen LogP contribution in [-0.4, -0.2) is 9.38 Å². The summed E-state index contributed by atoms with van der Waals surface area (Å²) in [5.41, 5.74) is 0.262. The van der Waals surface area contributed by atoms with Gasteiger partial charge in [0.2, 0.25) is 0 Å². The zero-order valence-corrected chi connectivity index (χ0v) is 6.22. The van der Waals surface area contributed by atoms with Crippen molar-refractivity contribution >= 4 is 17.2 Å². The van der Waals surface area contributed by atoms with Crippen LogP contribution in [0.4, 0.5) is 4.39 Å². The number of nitrogens with zero attached hydrogens (tertiary/aromatic N) is 2. The highest BCUT2D eigenvalue weighted by atomic mass is 35.5. The highest BCUT2D eigenvalue weighted by Crippen LogP contribution is 2.16. The molecule has 0 bridgehead atoms. The van der Waals surface area contributed by atoms with Crippen LogP contribution >= 0.6 is 11.6 Å². The topological polar surface area (TPSA) is 17.3 Å². The summed E-state index contributed by atoms with van der Waals surface area (Å²) in [5, 5.41) is 0.101. The molecule has 0 spiro atoms. The quantitative estimate of drug-likeness (QED) is 0.592. The van der Waals surface area contributed by atoms with Gasteiger partial charge in [0.15, 0.2) is 11.5 Å². The Morgan fingerprint density at radius 3 is 3.09 bits per heavy atom. The molecule has 0 amide bonds. The van der Waals surface area contributed by atoms with E-state index in [4.69, 9.17) is 11.6 Å².